The van der Waals surface area contributed by atoms with Crippen LogP contribution >= 0.6 is 11.6 Å². The maximum atomic E-state index is 5.77. The number of halogens is 1. The predicted octanol–water partition coefficient (Wildman–Crippen LogP) is 4.58. The molecule has 3 nitrogen and oxygen atoms in total. The Kier molecular flexibility index (Phi) is 5.80. The topological polar surface area (TPSA) is 35.0 Å². The Hall–Kier alpha value is -2.39. The summed E-state index contributed by atoms with van der Waals surface area (Å²) in [5.74, 6) is 1.28. The molecule has 0 aliphatic rings. The molecule has 2 heterocycles. The third-order valence-electron chi connectivity index (χ3n) is 3.72. The summed E-state index contributed by atoms with van der Waals surface area (Å²) in [7, 11) is 0. The van der Waals surface area contributed by atoms with Crippen LogP contribution in [-0.4, -0.2) is 9.97 Å². The first-order valence-corrected chi connectivity index (χ1v) is 8.48. The second-order valence-electron chi connectivity index (χ2n) is 5.55. The summed E-state index contributed by atoms with van der Waals surface area (Å²) in [6.45, 7) is 0.554. The number of rotatable bonds is 7. The highest BCUT2D eigenvalue weighted by molar-refractivity contribution is 6.17. The van der Waals surface area contributed by atoms with Gasteiger partial charge in [-0.1, -0.05) is 36.4 Å². The van der Waals surface area contributed by atoms with Gasteiger partial charge < -0.3 is 4.74 Å². The normalized spacial score (nSPS) is 10.5. The van der Waals surface area contributed by atoms with E-state index in [0.717, 1.165) is 41.1 Å². The summed E-state index contributed by atoms with van der Waals surface area (Å²) in [5, 5.41) is 0. The van der Waals surface area contributed by atoms with Crippen LogP contribution in [0, 0.1) is 0 Å². The van der Waals surface area contributed by atoms with Gasteiger partial charge in [0.15, 0.2) is 0 Å². The number of hydrogen-bond acceptors (Lipinski definition) is 3. The first-order valence-electron chi connectivity index (χ1n) is 7.95. The van der Waals surface area contributed by atoms with E-state index in [9.17, 15) is 0 Å². The third kappa shape index (κ3) is 4.80. The van der Waals surface area contributed by atoms with E-state index < -0.39 is 0 Å². The standard InChI is InChI=1S/C20H19ClN2O/c21-12-17-6-7-18(22-13-17)8-9-19-10-11-20(14-23-19)24-15-16-4-2-1-3-5-16/h1-7,10-11,13-14H,8-9,12,15H2. The van der Waals surface area contributed by atoms with Crippen LogP contribution in [0.15, 0.2) is 67.0 Å². The highest BCUT2D eigenvalue weighted by atomic mass is 35.5. The molecule has 0 saturated heterocycles. The Labute approximate surface area is 147 Å². The van der Waals surface area contributed by atoms with E-state index in [4.69, 9.17) is 16.3 Å². The lowest BCUT2D eigenvalue weighted by atomic mass is 10.1. The molecule has 3 aromatic rings. The van der Waals surface area contributed by atoms with Crippen molar-refractivity contribution in [3.63, 3.8) is 0 Å². The zero-order valence-electron chi connectivity index (χ0n) is 13.4. The highest BCUT2D eigenvalue weighted by Gasteiger charge is 2.01. The smallest absolute Gasteiger partial charge is 0.138 e. The first-order chi connectivity index (χ1) is 11.8. The van der Waals surface area contributed by atoms with Crippen LogP contribution in [0.1, 0.15) is 22.5 Å². The number of hydrogen-bond donors (Lipinski definition) is 0. The maximum Gasteiger partial charge on any atom is 0.138 e. The predicted molar refractivity (Wildman–Crippen MR) is 96.2 cm³/mol. The molecule has 122 valence electrons. The molecule has 4 heteroatoms. The summed E-state index contributed by atoms with van der Waals surface area (Å²) in [6, 6.07) is 18.1. The van der Waals surface area contributed by atoms with E-state index in [1.165, 1.54) is 0 Å². The fraction of sp³-hybridized carbons (Fsp3) is 0.200. The van der Waals surface area contributed by atoms with Gasteiger partial charge in [0.25, 0.3) is 0 Å². The van der Waals surface area contributed by atoms with Gasteiger partial charge in [-0.3, -0.25) is 9.97 Å². The monoisotopic (exact) mass is 338 g/mol. The van der Waals surface area contributed by atoms with Crippen LogP contribution in [0.4, 0.5) is 0 Å². The summed E-state index contributed by atoms with van der Waals surface area (Å²) in [5.41, 5.74) is 4.27. The molecule has 0 atom stereocenters. The largest absolute Gasteiger partial charge is 0.487 e. The van der Waals surface area contributed by atoms with Crippen molar-refractivity contribution in [1.82, 2.24) is 9.97 Å². The van der Waals surface area contributed by atoms with Gasteiger partial charge in [-0.05, 0) is 42.2 Å². The quantitative estimate of drug-likeness (QED) is 0.591. The van der Waals surface area contributed by atoms with Crippen molar-refractivity contribution >= 4 is 11.6 Å². The molecule has 0 aliphatic carbocycles. The van der Waals surface area contributed by atoms with Crippen molar-refractivity contribution in [2.45, 2.75) is 25.3 Å². The van der Waals surface area contributed by atoms with Crippen molar-refractivity contribution in [2.75, 3.05) is 0 Å². The van der Waals surface area contributed by atoms with Crippen molar-refractivity contribution in [3.05, 3.63) is 89.5 Å². The number of alkyl halides is 1. The third-order valence-corrected chi connectivity index (χ3v) is 4.03. The van der Waals surface area contributed by atoms with Crippen LogP contribution in [0.25, 0.3) is 0 Å². The minimum absolute atomic E-state index is 0.499. The molecule has 2 aromatic heterocycles. The summed E-state index contributed by atoms with van der Waals surface area (Å²) in [6.07, 6.45) is 5.32. The number of pyridine rings is 2. The van der Waals surface area contributed by atoms with Crippen LogP contribution in [0.2, 0.25) is 0 Å². The van der Waals surface area contributed by atoms with E-state index >= 15 is 0 Å². The second kappa shape index (κ2) is 8.46. The van der Waals surface area contributed by atoms with E-state index in [0.29, 0.717) is 12.5 Å². The lowest BCUT2D eigenvalue weighted by Gasteiger charge is -2.07. The molecule has 0 amide bonds. The first kappa shape index (κ1) is 16.5. The van der Waals surface area contributed by atoms with Crippen molar-refractivity contribution in [1.29, 1.82) is 0 Å². The van der Waals surface area contributed by atoms with E-state index in [1.807, 2.05) is 60.8 Å². The van der Waals surface area contributed by atoms with Gasteiger partial charge in [-0.25, -0.2) is 0 Å². The minimum atomic E-state index is 0.499. The van der Waals surface area contributed by atoms with Gasteiger partial charge in [0.2, 0.25) is 0 Å². The number of aryl methyl sites for hydroxylation is 2. The number of nitrogens with zero attached hydrogens (tertiary/aromatic N) is 2. The Morgan fingerprint density at radius 1 is 0.750 bits per heavy atom. The number of benzene rings is 1. The Morgan fingerprint density at radius 3 is 2.04 bits per heavy atom. The summed E-state index contributed by atoms with van der Waals surface area (Å²) < 4.78 is 5.75. The molecule has 3 rings (SSSR count). The van der Waals surface area contributed by atoms with Crippen LogP contribution < -0.4 is 4.74 Å². The average molecular weight is 339 g/mol. The molecule has 1 aromatic carbocycles. The lowest BCUT2D eigenvalue weighted by Crippen LogP contribution is -1.99. The van der Waals surface area contributed by atoms with Gasteiger partial charge >= 0.3 is 0 Å². The maximum absolute atomic E-state index is 5.77. The SMILES string of the molecule is ClCc1ccc(CCc2ccc(OCc3ccccc3)cn2)nc1. The lowest BCUT2D eigenvalue weighted by molar-refractivity contribution is 0.305. The molecule has 0 bridgehead atoms. The van der Waals surface area contributed by atoms with E-state index in [1.54, 1.807) is 6.20 Å². The zero-order valence-corrected chi connectivity index (χ0v) is 14.1. The molecule has 24 heavy (non-hydrogen) atoms. The fourth-order valence-electron chi connectivity index (χ4n) is 2.32. The zero-order chi connectivity index (χ0) is 16.6. The summed E-state index contributed by atoms with van der Waals surface area (Å²) >= 11 is 5.77. The van der Waals surface area contributed by atoms with Crippen molar-refractivity contribution < 1.29 is 4.74 Å². The number of aromatic nitrogens is 2. The average Bonchev–Trinajstić information content (AvgIpc) is 2.67. The Morgan fingerprint density at radius 2 is 1.46 bits per heavy atom. The molecular formula is C20H19ClN2O. The molecule has 0 saturated carbocycles. The van der Waals surface area contributed by atoms with Gasteiger partial charge in [0.05, 0.1) is 6.20 Å². The molecular weight excluding hydrogens is 320 g/mol. The Balaban J connectivity index is 1.50. The van der Waals surface area contributed by atoms with Crippen molar-refractivity contribution in [2.24, 2.45) is 0 Å². The highest BCUT2D eigenvalue weighted by Crippen LogP contribution is 2.13. The molecule has 0 spiro atoms. The minimum Gasteiger partial charge on any atom is -0.487 e. The van der Waals surface area contributed by atoms with Crippen molar-refractivity contribution in [3.8, 4) is 5.75 Å². The Bertz CT molecular complexity index is 743. The molecule has 0 unspecified atom stereocenters. The van der Waals surface area contributed by atoms with Gasteiger partial charge in [0, 0.05) is 23.5 Å². The molecule has 0 fully saturated rings. The van der Waals surface area contributed by atoms with Gasteiger partial charge in [-0.2, -0.15) is 0 Å². The second-order valence-corrected chi connectivity index (χ2v) is 5.82. The molecule has 0 aliphatic heterocycles. The molecule has 0 radical (unpaired) electrons. The van der Waals surface area contributed by atoms with Crippen LogP contribution in [0.3, 0.4) is 0 Å². The summed E-state index contributed by atoms with van der Waals surface area (Å²) in [4.78, 5) is 8.87. The molecule has 0 N–H and O–H groups in total. The van der Waals surface area contributed by atoms with E-state index in [-0.39, 0.29) is 0 Å². The van der Waals surface area contributed by atoms with Gasteiger partial charge in [0.1, 0.15) is 12.4 Å². The van der Waals surface area contributed by atoms with E-state index in [2.05, 4.69) is 9.97 Å². The fourth-order valence-corrected chi connectivity index (χ4v) is 2.48. The van der Waals surface area contributed by atoms with Crippen LogP contribution in [-0.2, 0) is 25.3 Å². The van der Waals surface area contributed by atoms with Gasteiger partial charge in [-0.15, -0.1) is 11.6 Å². The van der Waals surface area contributed by atoms with Crippen LogP contribution in [0.5, 0.6) is 5.75 Å². The number of ether oxygens (including phenoxy) is 1.